The number of carbonyl (C=O) groups is 1. The molecule has 0 bridgehead atoms. The molecular formula is C13H11F3N4O4. The van der Waals surface area contributed by atoms with E-state index in [4.69, 9.17) is 5.11 Å². The van der Waals surface area contributed by atoms with Crippen LogP contribution in [0.15, 0.2) is 24.7 Å². The molecule has 1 heterocycles. The molecule has 0 aliphatic heterocycles. The lowest BCUT2D eigenvalue weighted by atomic mass is 10.1. The minimum Gasteiger partial charge on any atom is -0.390 e. The van der Waals surface area contributed by atoms with Crippen molar-refractivity contribution in [3.8, 4) is 5.69 Å². The van der Waals surface area contributed by atoms with Crippen LogP contribution in [0.1, 0.15) is 18.2 Å². The van der Waals surface area contributed by atoms with E-state index in [1.165, 1.54) is 0 Å². The number of nitrogens with one attached hydrogen (secondary N) is 1. The summed E-state index contributed by atoms with van der Waals surface area (Å²) in [4.78, 5) is 25.0. The first-order chi connectivity index (χ1) is 11.1. The molecule has 0 fully saturated rings. The Kier molecular flexibility index (Phi) is 4.55. The van der Waals surface area contributed by atoms with Gasteiger partial charge in [-0.3, -0.25) is 14.9 Å². The van der Waals surface area contributed by atoms with Crippen LogP contribution in [0.4, 0.5) is 24.5 Å². The summed E-state index contributed by atoms with van der Waals surface area (Å²) < 4.78 is 40.8. The molecule has 1 aromatic carbocycles. The number of hydrogen-bond acceptors (Lipinski definition) is 5. The van der Waals surface area contributed by atoms with Gasteiger partial charge in [-0.2, -0.15) is 13.2 Å². The zero-order valence-electron chi connectivity index (χ0n) is 12.2. The highest BCUT2D eigenvalue weighted by Gasteiger charge is 2.37. The predicted octanol–water partition coefficient (Wildman–Crippen LogP) is 2.25. The lowest BCUT2D eigenvalue weighted by Crippen LogP contribution is -2.14. The number of nitrogens with zero attached hydrogens (tertiary/aromatic N) is 3. The van der Waals surface area contributed by atoms with E-state index in [1.54, 1.807) is 0 Å². The highest BCUT2D eigenvalue weighted by molar-refractivity contribution is 5.92. The number of benzene rings is 1. The number of halogens is 3. The number of alkyl halides is 3. The van der Waals surface area contributed by atoms with Gasteiger partial charge in [0.1, 0.15) is 5.69 Å². The number of rotatable bonds is 4. The Morgan fingerprint density at radius 3 is 2.58 bits per heavy atom. The molecular weight excluding hydrogens is 333 g/mol. The molecule has 0 spiro atoms. The summed E-state index contributed by atoms with van der Waals surface area (Å²) >= 11 is 0. The molecule has 2 aromatic rings. The molecule has 0 atom stereocenters. The fourth-order valence-corrected chi connectivity index (χ4v) is 2.04. The molecule has 1 aromatic heterocycles. The van der Waals surface area contributed by atoms with Crippen LogP contribution in [0.25, 0.3) is 5.69 Å². The minimum absolute atomic E-state index is 0.0942. The first kappa shape index (κ1) is 17.4. The number of imidazole rings is 1. The minimum atomic E-state index is -4.83. The van der Waals surface area contributed by atoms with E-state index >= 15 is 0 Å². The Hall–Kier alpha value is -2.95. The van der Waals surface area contributed by atoms with Crippen LogP contribution in [-0.4, -0.2) is 25.5 Å². The molecule has 1 amide bonds. The zero-order valence-corrected chi connectivity index (χ0v) is 12.2. The molecule has 24 heavy (non-hydrogen) atoms. The second kappa shape index (κ2) is 6.28. The molecule has 2 rings (SSSR count). The van der Waals surface area contributed by atoms with E-state index in [-0.39, 0.29) is 5.69 Å². The second-order valence-corrected chi connectivity index (χ2v) is 4.75. The molecule has 8 nitrogen and oxygen atoms in total. The van der Waals surface area contributed by atoms with E-state index in [0.29, 0.717) is 12.1 Å². The largest absolute Gasteiger partial charge is 0.418 e. The van der Waals surface area contributed by atoms with Crippen molar-refractivity contribution in [2.75, 3.05) is 5.32 Å². The molecule has 0 aliphatic carbocycles. The third kappa shape index (κ3) is 3.51. The number of amides is 1. The number of hydrogen-bond donors (Lipinski definition) is 2. The summed E-state index contributed by atoms with van der Waals surface area (Å²) in [6.07, 6.45) is -2.72. The average Bonchev–Trinajstić information content (AvgIpc) is 2.93. The van der Waals surface area contributed by atoms with E-state index in [2.05, 4.69) is 4.98 Å². The van der Waals surface area contributed by atoms with Crippen LogP contribution in [-0.2, 0) is 17.6 Å². The van der Waals surface area contributed by atoms with Gasteiger partial charge in [0.15, 0.2) is 0 Å². The van der Waals surface area contributed by atoms with Gasteiger partial charge in [0.25, 0.3) is 5.69 Å². The first-order valence-corrected chi connectivity index (χ1v) is 6.44. The van der Waals surface area contributed by atoms with Crippen LogP contribution >= 0.6 is 0 Å². The maximum Gasteiger partial charge on any atom is 0.418 e. The van der Waals surface area contributed by atoms with E-state index in [9.17, 15) is 28.1 Å². The third-order valence-corrected chi connectivity index (χ3v) is 3.00. The van der Waals surface area contributed by atoms with Crippen LogP contribution in [0.3, 0.4) is 0 Å². The average molecular weight is 344 g/mol. The van der Waals surface area contributed by atoms with Crippen molar-refractivity contribution in [1.29, 1.82) is 0 Å². The maximum absolute atomic E-state index is 13.3. The monoisotopic (exact) mass is 344 g/mol. The van der Waals surface area contributed by atoms with Crippen LogP contribution in [0, 0.1) is 10.1 Å². The van der Waals surface area contributed by atoms with Crippen LogP contribution in [0.2, 0.25) is 0 Å². The number of aliphatic hydroxyl groups is 1. The number of nitro benzene ring substituents is 1. The van der Waals surface area contributed by atoms with Gasteiger partial charge in [0, 0.05) is 19.2 Å². The zero-order chi connectivity index (χ0) is 18.1. The number of aromatic nitrogens is 2. The summed E-state index contributed by atoms with van der Waals surface area (Å²) in [6, 6.07) is 1.18. The van der Waals surface area contributed by atoms with E-state index in [0.717, 1.165) is 24.0 Å². The Morgan fingerprint density at radius 2 is 2.12 bits per heavy atom. The van der Waals surface area contributed by atoms with Crippen molar-refractivity contribution < 1.29 is 28.0 Å². The summed E-state index contributed by atoms with van der Waals surface area (Å²) in [5, 5.41) is 22.1. The van der Waals surface area contributed by atoms with Crippen molar-refractivity contribution in [2.45, 2.75) is 19.7 Å². The molecule has 0 saturated carbocycles. The summed E-state index contributed by atoms with van der Waals surface area (Å²) in [5.74, 6) is -0.746. The van der Waals surface area contributed by atoms with Crippen molar-refractivity contribution in [1.82, 2.24) is 9.55 Å². The molecule has 11 heteroatoms. The highest BCUT2D eigenvalue weighted by Crippen LogP contribution is 2.39. The maximum atomic E-state index is 13.3. The Balaban J connectivity index is 2.74. The predicted molar refractivity (Wildman–Crippen MR) is 75.4 cm³/mol. The quantitative estimate of drug-likeness (QED) is 0.653. The summed E-state index contributed by atoms with van der Waals surface area (Å²) in [6.45, 7) is 0.523. The van der Waals surface area contributed by atoms with Gasteiger partial charge < -0.3 is 15.0 Å². The lowest BCUT2D eigenvalue weighted by molar-refractivity contribution is -0.383. The van der Waals surface area contributed by atoms with Crippen molar-refractivity contribution in [2.24, 2.45) is 0 Å². The van der Waals surface area contributed by atoms with Gasteiger partial charge >= 0.3 is 6.18 Å². The topological polar surface area (TPSA) is 110 Å². The number of aliphatic hydroxyl groups excluding tert-OH is 1. The van der Waals surface area contributed by atoms with Gasteiger partial charge in [0.05, 0.1) is 34.8 Å². The summed E-state index contributed by atoms with van der Waals surface area (Å²) in [5.41, 5.74) is -2.91. The Labute approximate surface area is 132 Å². The van der Waals surface area contributed by atoms with E-state index in [1.807, 2.05) is 5.32 Å². The summed E-state index contributed by atoms with van der Waals surface area (Å²) in [7, 11) is 0. The fourth-order valence-electron chi connectivity index (χ4n) is 2.04. The standard InChI is InChI=1S/C13H11F3N4O4/c1-7(22)18-10-2-9(13(14,15)16)11(3-12(10)20(23)24)19-4-8(5-21)17-6-19/h2-4,6,21H,5H2,1H3,(H,18,22). The molecule has 0 unspecified atom stereocenters. The van der Waals surface area contributed by atoms with Gasteiger partial charge in [-0.15, -0.1) is 0 Å². The smallest absolute Gasteiger partial charge is 0.390 e. The molecule has 0 aliphatic rings. The lowest BCUT2D eigenvalue weighted by Gasteiger charge is -2.15. The first-order valence-electron chi connectivity index (χ1n) is 6.44. The SMILES string of the molecule is CC(=O)Nc1cc(C(F)(F)F)c(-n2cnc(CO)c2)cc1[N+](=O)[O-]. The molecule has 2 N–H and O–H groups in total. The molecule has 0 radical (unpaired) electrons. The fraction of sp³-hybridized carbons (Fsp3) is 0.231. The van der Waals surface area contributed by atoms with Gasteiger partial charge in [-0.25, -0.2) is 4.98 Å². The van der Waals surface area contributed by atoms with Gasteiger partial charge in [0.2, 0.25) is 5.91 Å². The molecule has 0 saturated heterocycles. The van der Waals surface area contributed by atoms with Crippen LogP contribution in [0.5, 0.6) is 0 Å². The number of anilines is 1. The van der Waals surface area contributed by atoms with E-state index < -0.39 is 46.2 Å². The van der Waals surface area contributed by atoms with Gasteiger partial charge in [-0.05, 0) is 6.07 Å². The normalized spacial score (nSPS) is 11.4. The van der Waals surface area contributed by atoms with Gasteiger partial charge in [-0.1, -0.05) is 0 Å². The highest BCUT2D eigenvalue weighted by atomic mass is 19.4. The number of carbonyl (C=O) groups excluding carboxylic acids is 1. The second-order valence-electron chi connectivity index (χ2n) is 4.75. The van der Waals surface area contributed by atoms with Crippen LogP contribution < -0.4 is 5.32 Å². The van der Waals surface area contributed by atoms with Crippen molar-refractivity contribution in [3.63, 3.8) is 0 Å². The number of nitro groups is 1. The molecule has 128 valence electrons. The van der Waals surface area contributed by atoms with Crippen molar-refractivity contribution in [3.05, 3.63) is 46.0 Å². The third-order valence-electron chi connectivity index (χ3n) is 3.00. The Morgan fingerprint density at radius 1 is 1.46 bits per heavy atom. The Bertz CT molecular complexity index is 801. The van der Waals surface area contributed by atoms with Crippen molar-refractivity contribution >= 4 is 17.3 Å².